The quantitative estimate of drug-likeness (QED) is 0.562. The Morgan fingerprint density at radius 2 is 1.65 bits per heavy atom. The Balaban J connectivity index is 1.66. The summed E-state index contributed by atoms with van der Waals surface area (Å²) in [5, 5.41) is 11.5. The number of fused-ring (bicyclic) bond motifs is 3. The highest BCUT2D eigenvalue weighted by Crippen LogP contribution is 2.35. The molecule has 2 aromatic carbocycles. The Bertz CT molecular complexity index is 772. The zero-order valence-corrected chi connectivity index (χ0v) is 16.6. The number of hydrogen-bond acceptors (Lipinski definition) is 4. The largest absolute Gasteiger partial charge is 0.458 e. The maximum Gasteiger partial charge on any atom is 0.348 e. The molecule has 0 unspecified atom stereocenters. The van der Waals surface area contributed by atoms with Crippen LogP contribution < -0.4 is 0 Å². The van der Waals surface area contributed by atoms with E-state index >= 15 is 0 Å². The number of hydrogen-bond donors (Lipinski definition) is 1. The first-order valence-electron chi connectivity index (χ1n) is 9.05. The number of carbonyl (C=O) groups is 1. The van der Waals surface area contributed by atoms with Gasteiger partial charge in [0.05, 0.1) is 0 Å². The maximum absolute atomic E-state index is 13.2. The number of aliphatic hydroxyl groups is 1. The van der Waals surface area contributed by atoms with Crippen molar-refractivity contribution in [2.24, 2.45) is 5.92 Å². The molecule has 3 heterocycles. The van der Waals surface area contributed by atoms with Gasteiger partial charge in [-0.25, -0.2) is 4.79 Å². The molecular formula is C21H22INO3. The van der Waals surface area contributed by atoms with E-state index in [0.29, 0.717) is 17.0 Å². The lowest BCUT2D eigenvalue weighted by atomic mass is 9.84. The van der Waals surface area contributed by atoms with Crippen LogP contribution in [0.2, 0.25) is 0 Å². The molecule has 1 N–H and O–H groups in total. The van der Waals surface area contributed by atoms with Gasteiger partial charge >= 0.3 is 5.97 Å². The van der Waals surface area contributed by atoms with Gasteiger partial charge in [-0.1, -0.05) is 42.5 Å². The number of esters is 1. The summed E-state index contributed by atoms with van der Waals surface area (Å²) in [5.74, 6) is -0.177. The first kappa shape index (κ1) is 17.9. The topological polar surface area (TPSA) is 49.8 Å². The van der Waals surface area contributed by atoms with Gasteiger partial charge in [0.2, 0.25) is 5.60 Å². The molecule has 0 aliphatic carbocycles. The highest BCUT2D eigenvalue weighted by atomic mass is 125. The summed E-state index contributed by atoms with van der Waals surface area (Å²) in [4.78, 5) is 15.5. The molecule has 0 radical (unpaired) electrons. The Morgan fingerprint density at radius 3 is 2.23 bits per heavy atom. The molecule has 0 amide bonds. The summed E-state index contributed by atoms with van der Waals surface area (Å²) in [6.07, 6.45) is 1.99. The fourth-order valence-corrected chi connectivity index (χ4v) is 4.40. The summed E-state index contributed by atoms with van der Waals surface area (Å²) in [6, 6.07) is 16.5. The predicted molar refractivity (Wildman–Crippen MR) is 108 cm³/mol. The van der Waals surface area contributed by atoms with Gasteiger partial charge in [-0.15, -0.1) is 0 Å². The first-order chi connectivity index (χ1) is 12.6. The average Bonchev–Trinajstić information content (AvgIpc) is 2.69. The van der Waals surface area contributed by atoms with Gasteiger partial charge in [-0.3, -0.25) is 4.90 Å². The number of nitrogens with zero attached hydrogens (tertiary/aromatic N) is 1. The van der Waals surface area contributed by atoms with Gasteiger partial charge in [0.15, 0.2) is 0 Å². The number of rotatable bonds is 4. The van der Waals surface area contributed by atoms with Crippen LogP contribution in [0.4, 0.5) is 0 Å². The van der Waals surface area contributed by atoms with Gasteiger partial charge < -0.3 is 9.84 Å². The van der Waals surface area contributed by atoms with Crippen LogP contribution in [0.5, 0.6) is 0 Å². The molecule has 3 aliphatic heterocycles. The maximum atomic E-state index is 13.2. The summed E-state index contributed by atoms with van der Waals surface area (Å²) < 4.78 is 6.95. The summed E-state index contributed by atoms with van der Waals surface area (Å²) in [6.45, 7) is 2.94. The Kier molecular flexibility index (Phi) is 5.03. The van der Waals surface area contributed by atoms with Crippen molar-refractivity contribution in [3.05, 3.63) is 69.3 Å². The minimum Gasteiger partial charge on any atom is -0.458 e. The van der Waals surface area contributed by atoms with Crippen molar-refractivity contribution < 1.29 is 14.6 Å². The van der Waals surface area contributed by atoms with Crippen LogP contribution in [-0.4, -0.2) is 41.7 Å². The molecule has 5 heteroatoms. The predicted octanol–water partition coefficient (Wildman–Crippen LogP) is 3.16. The monoisotopic (exact) mass is 461 g/mol. The fourth-order valence-electron chi connectivity index (χ4n) is 4.04. The van der Waals surface area contributed by atoms with Crippen molar-refractivity contribution >= 4 is 28.6 Å². The molecule has 3 fully saturated rings. The second-order valence-electron chi connectivity index (χ2n) is 7.17. The second kappa shape index (κ2) is 7.29. The Hall–Kier alpha value is -1.44. The molecule has 3 aliphatic rings. The van der Waals surface area contributed by atoms with E-state index in [1.54, 1.807) is 24.3 Å². The van der Waals surface area contributed by atoms with E-state index in [1.807, 2.05) is 30.3 Å². The number of halogens is 1. The molecule has 2 bridgehead atoms. The van der Waals surface area contributed by atoms with Gasteiger partial charge in [-0.2, -0.15) is 0 Å². The van der Waals surface area contributed by atoms with Crippen LogP contribution in [0.15, 0.2) is 54.6 Å². The normalized spacial score (nSPS) is 26.9. The van der Waals surface area contributed by atoms with Crippen LogP contribution in [0.1, 0.15) is 24.0 Å². The van der Waals surface area contributed by atoms with E-state index in [-0.39, 0.29) is 6.10 Å². The SMILES string of the molecule is O=C(O[C@H]1CN2CCC1CC2)[C@@](O)(c1ccccc1)c1ccc([125I])cc1. The van der Waals surface area contributed by atoms with Crippen LogP contribution in [0.25, 0.3) is 0 Å². The highest BCUT2D eigenvalue weighted by Gasteiger charge is 2.45. The molecule has 2 aromatic rings. The lowest BCUT2D eigenvalue weighted by Crippen LogP contribution is -2.53. The lowest BCUT2D eigenvalue weighted by Gasteiger charge is -2.44. The molecule has 0 aromatic heterocycles. The fraction of sp³-hybridized carbons (Fsp3) is 0.381. The number of piperidine rings is 3. The third kappa shape index (κ3) is 3.28. The molecule has 0 spiro atoms. The molecule has 0 saturated carbocycles. The van der Waals surface area contributed by atoms with Crippen LogP contribution in [0, 0.1) is 9.49 Å². The first-order valence-corrected chi connectivity index (χ1v) is 10.1. The Morgan fingerprint density at radius 1 is 1.04 bits per heavy atom. The highest BCUT2D eigenvalue weighted by molar-refractivity contribution is 14.1. The van der Waals surface area contributed by atoms with Crippen LogP contribution in [-0.2, 0) is 15.1 Å². The van der Waals surface area contributed by atoms with Crippen LogP contribution in [0.3, 0.4) is 0 Å². The third-order valence-electron chi connectivity index (χ3n) is 5.60. The Labute approximate surface area is 167 Å². The zero-order chi connectivity index (χ0) is 18.1. The van der Waals surface area contributed by atoms with Crippen molar-refractivity contribution in [2.75, 3.05) is 19.6 Å². The van der Waals surface area contributed by atoms with E-state index in [2.05, 4.69) is 27.5 Å². The van der Waals surface area contributed by atoms with E-state index in [1.165, 1.54) is 0 Å². The van der Waals surface area contributed by atoms with E-state index in [0.717, 1.165) is 36.0 Å². The van der Waals surface area contributed by atoms with Crippen LogP contribution >= 0.6 is 22.6 Å². The standard InChI is InChI=1S/C21H22INO3/c22-18-8-6-17(7-9-18)21(25,16-4-2-1-3-5-16)20(24)26-19-14-23-12-10-15(19)11-13-23/h1-9,15,19,25H,10-14H2/t19-,21+/m0/s1/i22-2. The molecular weight excluding hydrogens is 439 g/mol. The van der Waals surface area contributed by atoms with E-state index < -0.39 is 11.6 Å². The number of ether oxygens (including phenoxy) is 1. The molecule has 2 atom stereocenters. The molecule has 26 heavy (non-hydrogen) atoms. The van der Waals surface area contributed by atoms with Crippen molar-refractivity contribution in [3.8, 4) is 0 Å². The third-order valence-corrected chi connectivity index (χ3v) is 6.32. The molecule has 136 valence electrons. The summed E-state index contributed by atoms with van der Waals surface area (Å²) >= 11 is 2.21. The zero-order valence-electron chi connectivity index (χ0n) is 14.5. The van der Waals surface area contributed by atoms with Crippen molar-refractivity contribution in [2.45, 2.75) is 24.5 Å². The van der Waals surface area contributed by atoms with Crippen molar-refractivity contribution in [1.29, 1.82) is 0 Å². The van der Waals surface area contributed by atoms with Crippen molar-refractivity contribution in [3.63, 3.8) is 0 Å². The summed E-state index contributed by atoms with van der Waals surface area (Å²) in [7, 11) is 0. The van der Waals surface area contributed by atoms with Gasteiger partial charge in [0.25, 0.3) is 0 Å². The smallest absolute Gasteiger partial charge is 0.348 e. The van der Waals surface area contributed by atoms with Gasteiger partial charge in [0, 0.05) is 10.1 Å². The number of benzene rings is 2. The minimum absolute atomic E-state index is 0.135. The second-order valence-corrected chi connectivity index (χ2v) is 8.41. The van der Waals surface area contributed by atoms with Gasteiger partial charge in [0.1, 0.15) is 6.10 Å². The van der Waals surface area contributed by atoms with Crippen molar-refractivity contribution in [1.82, 2.24) is 4.90 Å². The lowest BCUT2D eigenvalue weighted by molar-refractivity contribution is -0.177. The molecule has 3 saturated heterocycles. The number of carbonyl (C=O) groups excluding carboxylic acids is 1. The van der Waals surface area contributed by atoms with Gasteiger partial charge in [-0.05, 0) is 77.7 Å². The molecule has 5 rings (SSSR count). The van der Waals surface area contributed by atoms with E-state index in [9.17, 15) is 9.90 Å². The average molecular weight is 461 g/mol. The van der Waals surface area contributed by atoms with E-state index in [4.69, 9.17) is 4.74 Å². The molecule has 4 nitrogen and oxygen atoms in total. The minimum atomic E-state index is -1.79. The summed E-state index contributed by atoms with van der Waals surface area (Å²) in [5.41, 5.74) is -0.722.